The minimum Gasteiger partial charge on any atom is -0.465 e. The summed E-state index contributed by atoms with van der Waals surface area (Å²) in [5.41, 5.74) is 0.442. The molecular formula is C16H21Cl2N3O4. The Hall–Kier alpha value is -1.86. The van der Waals surface area contributed by atoms with Crippen molar-refractivity contribution >= 4 is 46.8 Å². The van der Waals surface area contributed by atoms with E-state index in [1.807, 2.05) is 4.90 Å². The van der Waals surface area contributed by atoms with Gasteiger partial charge >= 0.3 is 12.2 Å². The molecule has 1 aromatic rings. The second kappa shape index (κ2) is 7.58. The fraction of sp³-hybridized carbons (Fsp3) is 0.500. The van der Waals surface area contributed by atoms with E-state index in [4.69, 9.17) is 33.0 Å². The lowest BCUT2D eigenvalue weighted by molar-refractivity contribution is 0.0636. The summed E-state index contributed by atoms with van der Waals surface area (Å²) in [6.45, 7) is 7.06. The molecule has 0 unspecified atom stereocenters. The number of halogens is 2. The van der Waals surface area contributed by atoms with Gasteiger partial charge in [0.15, 0.2) is 0 Å². The highest BCUT2D eigenvalue weighted by Gasteiger charge is 2.23. The van der Waals surface area contributed by atoms with E-state index in [2.05, 4.69) is 5.32 Å². The number of piperazine rings is 1. The maximum absolute atomic E-state index is 12.0. The molecule has 1 aromatic carbocycles. The van der Waals surface area contributed by atoms with Gasteiger partial charge < -0.3 is 19.6 Å². The number of benzene rings is 1. The summed E-state index contributed by atoms with van der Waals surface area (Å²) < 4.78 is 5.23. The van der Waals surface area contributed by atoms with Gasteiger partial charge in [-0.1, -0.05) is 23.2 Å². The van der Waals surface area contributed by atoms with Crippen molar-refractivity contribution in [3.05, 3.63) is 22.2 Å². The lowest BCUT2D eigenvalue weighted by Crippen LogP contribution is -2.48. The zero-order valence-corrected chi connectivity index (χ0v) is 15.8. The number of ether oxygens (including phenoxy) is 1. The first-order valence-corrected chi connectivity index (χ1v) is 8.54. The van der Waals surface area contributed by atoms with Crippen molar-refractivity contribution in [2.45, 2.75) is 26.4 Å². The largest absolute Gasteiger partial charge is 0.465 e. The van der Waals surface area contributed by atoms with Crippen LogP contribution >= 0.6 is 23.2 Å². The summed E-state index contributed by atoms with van der Waals surface area (Å²) in [6, 6.07) is 3.22. The summed E-state index contributed by atoms with van der Waals surface area (Å²) in [5.74, 6) is 0. The zero-order valence-electron chi connectivity index (χ0n) is 14.3. The van der Waals surface area contributed by atoms with Crippen LogP contribution in [0.5, 0.6) is 0 Å². The van der Waals surface area contributed by atoms with E-state index < -0.39 is 17.8 Å². The Kier molecular flexibility index (Phi) is 5.90. The van der Waals surface area contributed by atoms with Crippen LogP contribution in [0.1, 0.15) is 20.8 Å². The van der Waals surface area contributed by atoms with Gasteiger partial charge in [-0.2, -0.15) is 0 Å². The van der Waals surface area contributed by atoms with Crippen LogP contribution < -0.4 is 10.2 Å². The molecule has 1 fully saturated rings. The molecule has 0 aromatic heterocycles. The molecule has 1 heterocycles. The van der Waals surface area contributed by atoms with Crippen LogP contribution in [0.15, 0.2) is 12.1 Å². The van der Waals surface area contributed by atoms with Crippen molar-refractivity contribution in [1.29, 1.82) is 0 Å². The third-order valence-electron chi connectivity index (χ3n) is 3.56. The lowest BCUT2D eigenvalue weighted by atomic mass is 10.2. The fourth-order valence-electron chi connectivity index (χ4n) is 2.43. The number of amides is 2. The normalized spacial score (nSPS) is 15.1. The topological polar surface area (TPSA) is 82.1 Å². The first kappa shape index (κ1) is 19.5. The molecule has 2 amide bonds. The molecule has 0 radical (unpaired) electrons. The second-order valence-electron chi connectivity index (χ2n) is 6.67. The smallest absolute Gasteiger partial charge is 0.412 e. The summed E-state index contributed by atoms with van der Waals surface area (Å²) >= 11 is 12.4. The number of nitrogens with zero attached hydrogens (tertiary/aromatic N) is 2. The molecule has 1 saturated heterocycles. The average Bonchev–Trinajstić information content (AvgIpc) is 2.48. The molecule has 138 valence electrons. The number of anilines is 2. The molecular weight excluding hydrogens is 369 g/mol. The van der Waals surface area contributed by atoms with Crippen molar-refractivity contribution in [3.8, 4) is 0 Å². The molecule has 1 aliphatic rings. The summed E-state index contributed by atoms with van der Waals surface area (Å²) in [6.07, 6.45) is -1.55. The third-order valence-corrected chi connectivity index (χ3v) is 4.18. The van der Waals surface area contributed by atoms with Crippen LogP contribution in [-0.2, 0) is 4.74 Å². The van der Waals surface area contributed by atoms with Crippen LogP contribution in [0.4, 0.5) is 21.0 Å². The highest BCUT2D eigenvalue weighted by molar-refractivity contribution is 6.38. The summed E-state index contributed by atoms with van der Waals surface area (Å²) in [7, 11) is 0. The highest BCUT2D eigenvalue weighted by atomic mass is 35.5. The Balaban J connectivity index is 2.15. The summed E-state index contributed by atoms with van der Waals surface area (Å²) in [4.78, 5) is 26.3. The molecule has 7 nitrogen and oxygen atoms in total. The molecule has 0 bridgehead atoms. The van der Waals surface area contributed by atoms with Gasteiger partial charge in [-0.05, 0) is 32.9 Å². The van der Waals surface area contributed by atoms with E-state index in [9.17, 15) is 9.59 Å². The van der Waals surface area contributed by atoms with Gasteiger partial charge in [0.2, 0.25) is 0 Å². The molecule has 1 aliphatic heterocycles. The quantitative estimate of drug-likeness (QED) is 0.793. The number of carbonyl (C=O) groups excluding carboxylic acids is 1. The standard InChI is InChI=1S/C16H21Cl2N3O4/c1-16(2,3)25-14(22)19-12-9-13(11(18)8-10(12)17)20-4-6-21(7-5-20)15(23)24/h8-9H,4-7H2,1-3H3,(H,19,22)(H,23,24). The van der Waals surface area contributed by atoms with Crippen molar-refractivity contribution in [1.82, 2.24) is 4.90 Å². The third kappa shape index (κ3) is 5.31. The van der Waals surface area contributed by atoms with Crippen molar-refractivity contribution in [2.75, 3.05) is 36.4 Å². The number of carbonyl (C=O) groups is 2. The van der Waals surface area contributed by atoms with E-state index in [-0.39, 0.29) is 0 Å². The molecule has 2 N–H and O–H groups in total. The number of rotatable bonds is 2. The van der Waals surface area contributed by atoms with Crippen LogP contribution in [0.25, 0.3) is 0 Å². The van der Waals surface area contributed by atoms with E-state index >= 15 is 0 Å². The molecule has 0 saturated carbocycles. The van der Waals surface area contributed by atoms with Gasteiger partial charge in [0.1, 0.15) is 5.60 Å². The first-order valence-electron chi connectivity index (χ1n) is 7.78. The monoisotopic (exact) mass is 389 g/mol. The number of nitrogens with one attached hydrogen (secondary N) is 1. The summed E-state index contributed by atoms with van der Waals surface area (Å²) in [5, 5.41) is 12.4. The molecule has 0 aliphatic carbocycles. The molecule has 9 heteroatoms. The predicted molar refractivity (Wildman–Crippen MR) is 98.1 cm³/mol. The van der Waals surface area contributed by atoms with Crippen LogP contribution in [-0.4, -0.2) is 54.0 Å². The van der Waals surface area contributed by atoms with Crippen molar-refractivity contribution < 1.29 is 19.4 Å². The Morgan fingerprint density at radius 2 is 1.72 bits per heavy atom. The molecule has 0 atom stereocenters. The zero-order chi connectivity index (χ0) is 18.8. The van der Waals surface area contributed by atoms with Gasteiger partial charge in [0.25, 0.3) is 0 Å². The number of hydrogen-bond acceptors (Lipinski definition) is 4. The minimum absolute atomic E-state index is 0.295. The molecule has 25 heavy (non-hydrogen) atoms. The number of hydrogen-bond donors (Lipinski definition) is 2. The number of carboxylic acid groups (broad SMARTS) is 1. The van der Waals surface area contributed by atoms with Gasteiger partial charge in [-0.3, -0.25) is 5.32 Å². The van der Waals surface area contributed by atoms with Gasteiger partial charge in [0, 0.05) is 26.2 Å². The Morgan fingerprint density at radius 1 is 1.12 bits per heavy atom. The minimum atomic E-state index is -0.936. The highest BCUT2D eigenvalue weighted by Crippen LogP contribution is 2.35. The Bertz CT molecular complexity index is 668. The van der Waals surface area contributed by atoms with Crippen LogP contribution in [0.2, 0.25) is 10.0 Å². The Morgan fingerprint density at radius 3 is 2.24 bits per heavy atom. The van der Waals surface area contributed by atoms with Crippen LogP contribution in [0.3, 0.4) is 0 Å². The molecule has 2 rings (SSSR count). The fourth-order valence-corrected chi connectivity index (χ4v) is 2.98. The van der Waals surface area contributed by atoms with Crippen molar-refractivity contribution in [2.24, 2.45) is 0 Å². The Labute approximate surface area is 156 Å². The lowest BCUT2D eigenvalue weighted by Gasteiger charge is -2.35. The van der Waals surface area contributed by atoms with Crippen LogP contribution in [0, 0.1) is 0 Å². The van der Waals surface area contributed by atoms with Crippen molar-refractivity contribution in [3.63, 3.8) is 0 Å². The van der Waals surface area contributed by atoms with Gasteiger partial charge in [-0.15, -0.1) is 0 Å². The van der Waals surface area contributed by atoms with Gasteiger partial charge in [0.05, 0.1) is 21.4 Å². The van der Waals surface area contributed by atoms with E-state index in [1.54, 1.807) is 32.9 Å². The van der Waals surface area contributed by atoms with Gasteiger partial charge in [-0.25, -0.2) is 9.59 Å². The maximum Gasteiger partial charge on any atom is 0.412 e. The van der Waals surface area contributed by atoms with E-state index in [1.165, 1.54) is 4.90 Å². The SMILES string of the molecule is CC(C)(C)OC(=O)Nc1cc(N2CCN(C(=O)O)CC2)c(Cl)cc1Cl. The molecule has 0 spiro atoms. The van der Waals surface area contributed by atoms with E-state index in [0.717, 1.165) is 0 Å². The predicted octanol–water partition coefficient (Wildman–Crippen LogP) is 4.14. The van der Waals surface area contributed by atoms with E-state index in [0.29, 0.717) is 47.6 Å². The second-order valence-corrected chi connectivity index (χ2v) is 7.48. The average molecular weight is 390 g/mol. The maximum atomic E-state index is 12.0. The first-order chi connectivity index (χ1) is 11.6.